The van der Waals surface area contributed by atoms with Gasteiger partial charge >= 0.3 is 0 Å². The Labute approximate surface area is 127 Å². The number of methoxy groups -OCH3 is 1. The summed E-state index contributed by atoms with van der Waals surface area (Å²) in [5.41, 5.74) is 1.99. The van der Waals surface area contributed by atoms with Gasteiger partial charge in [-0.1, -0.05) is 12.1 Å². The summed E-state index contributed by atoms with van der Waals surface area (Å²) in [4.78, 5) is 19.9. The molecule has 0 amide bonds. The van der Waals surface area contributed by atoms with Crippen LogP contribution in [0.1, 0.15) is 22.1 Å². The molecule has 1 heterocycles. The first-order chi connectivity index (χ1) is 10.7. The van der Waals surface area contributed by atoms with Gasteiger partial charge in [-0.15, -0.1) is 0 Å². The highest BCUT2D eigenvalue weighted by molar-refractivity contribution is 6.02. The van der Waals surface area contributed by atoms with Crippen molar-refractivity contribution in [2.24, 2.45) is 0 Å². The van der Waals surface area contributed by atoms with Crippen LogP contribution in [0.4, 0.5) is 0 Å². The fraction of sp³-hybridized carbons (Fsp3) is 0.118. The van der Waals surface area contributed by atoms with E-state index in [0.29, 0.717) is 17.1 Å². The van der Waals surface area contributed by atoms with E-state index in [1.807, 2.05) is 30.3 Å². The highest BCUT2D eigenvalue weighted by Gasteiger charge is 2.25. The number of rotatable bonds is 4. The van der Waals surface area contributed by atoms with E-state index >= 15 is 0 Å². The SMILES string of the molecule is COc1ccc(C(=O)[C@@H](C#N)c2nc3ccccc3[nH]2)cc1. The third-order valence-electron chi connectivity index (χ3n) is 3.45. The summed E-state index contributed by atoms with van der Waals surface area (Å²) in [6, 6.07) is 16.1. The smallest absolute Gasteiger partial charge is 0.187 e. The maximum atomic E-state index is 12.5. The number of ketones is 1. The molecule has 0 bridgehead atoms. The second-order valence-electron chi connectivity index (χ2n) is 4.79. The number of nitrogens with zero attached hydrogens (tertiary/aromatic N) is 2. The largest absolute Gasteiger partial charge is 0.497 e. The van der Waals surface area contributed by atoms with Crippen molar-refractivity contribution in [3.63, 3.8) is 0 Å². The molecule has 2 aromatic carbocycles. The summed E-state index contributed by atoms with van der Waals surface area (Å²) in [5, 5.41) is 9.38. The Bertz CT molecular complexity index is 826. The number of aromatic amines is 1. The summed E-state index contributed by atoms with van der Waals surface area (Å²) in [7, 11) is 1.56. The van der Waals surface area contributed by atoms with Gasteiger partial charge in [-0.25, -0.2) is 4.98 Å². The minimum atomic E-state index is -0.958. The van der Waals surface area contributed by atoms with Crippen LogP contribution < -0.4 is 4.74 Å². The summed E-state index contributed by atoms with van der Waals surface area (Å²) >= 11 is 0. The first-order valence-corrected chi connectivity index (χ1v) is 6.75. The Morgan fingerprint density at radius 2 is 1.95 bits per heavy atom. The summed E-state index contributed by atoms with van der Waals surface area (Å²) < 4.78 is 5.07. The number of para-hydroxylation sites is 2. The number of carbonyl (C=O) groups excluding carboxylic acids is 1. The summed E-state index contributed by atoms with van der Waals surface area (Å²) in [6.07, 6.45) is 0. The van der Waals surface area contributed by atoms with E-state index in [1.54, 1.807) is 31.4 Å². The van der Waals surface area contributed by atoms with E-state index in [2.05, 4.69) is 9.97 Å². The normalized spacial score (nSPS) is 11.8. The lowest BCUT2D eigenvalue weighted by Gasteiger charge is -2.06. The number of aromatic nitrogens is 2. The lowest BCUT2D eigenvalue weighted by atomic mass is 9.98. The molecular formula is C17H13N3O2. The fourth-order valence-corrected chi connectivity index (χ4v) is 2.28. The molecule has 22 heavy (non-hydrogen) atoms. The Morgan fingerprint density at radius 3 is 2.59 bits per heavy atom. The number of H-pyrrole nitrogens is 1. The van der Waals surface area contributed by atoms with Crippen LogP contribution in [0.25, 0.3) is 11.0 Å². The van der Waals surface area contributed by atoms with Gasteiger partial charge in [0.25, 0.3) is 0 Å². The molecule has 108 valence electrons. The van der Waals surface area contributed by atoms with E-state index in [0.717, 1.165) is 11.0 Å². The van der Waals surface area contributed by atoms with Crippen molar-refractivity contribution in [1.29, 1.82) is 5.26 Å². The topological polar surface area (TPSA) is 78.8 Å². The minimum absolute atomic E-state index is 0.288. The third-order valence-corrected chi connectivity index (χ3v) is 3.45. The van der Waals surface area contributed by atoms with Crippen molar-refractivity contribution in [2.45, 2.75) is 5.92 Å². The molecule has 0 radical (unpaired) electrons. The zero-order valence-corrected chi connectivity index (χ0v) is 11.9. The van der Waals surface area contributed by atoms with E-state index in [1.165, 1.54) is 0 Å². The van der Waals surface area contributed by atoms with Crippen LogP contribution in [0.2, 0.25) is 0 Å². The quantitative estimate of drug-likeness (QED) is 0.749. The van der Waals surface area contributed by atoms with E-state index in [9.17, 15) is 10.1 Å². The van der Waals surface area contributed by atoms with Crippen LogP contribution in [0, 0.1) is 11.3 Å². The second-order valence-corrected chi connectivity index (χ2v) is 4.79. The lowest BCUT2D eigenvalue weighted by molar-refractivity contribution is 0.0976. The van der Waals surface area contributed by atoms with Crippen molar-refractivity contribution in [2.75, 3.05) is 7.11 Å². The van der Waals surface area contributed by atoms with Crippen LogP contribution in [-0.4, -0.2) is 22.9 Å². The number of imidazole rings is 1. The standard InChI is InChI=1S/C17H13N3O2/c1-22-12-8-6-11(7-9-12)16(21)13(10-18)17-19-14-4-2-3-5-15(14)20-17/h2-9,13H,1H3,(H,19,20)/t13-/m1/s1. The number of hydrogen-bond acceptors (Lipinski definition) is 4. The fourth-order valence-electron chi connectivity index (χ4n) is 2.28. The third kappa shape index (κ3) is 2.42. The van der Waals surface area contributed by atoms with Crippen molar-refractivity contribution >= 4 is 16.8 Å². The number of ether oxygens (including phenoxy) is 1. The molecule has 3 aromatic rings. The number of Topliss-reactive ketones (excluding diaryl/α,β-unsaturated/α-hetero) is 1. The molecule has 1 aromatic heterocycles. The van der Waals surface area contributed by atoms with Crippen LogP contribution in [-0.2, 0) is 0 Å². The van der Waals surface area contributed by atoms with Crippen molar-refractivity contribution in [1.82, 2.24) is 9.97 Å². The molecule has 0 saturated carbocycles. The van der Waals surface area contributed by atoms with E-state index in [4.69, 9.17) is 4.74 Å². The second kappa shape index (κ2) is 5.70. The van der Waals surface area contributed by atoms with Gasteiger partial charge in [0, 0.05) is 5.56 Å². The maximum absolute atomic E-state index is 12.5. The van der Waals surface area contributed by atoms with Gasteiger partial charge in [0.2, 0.25) is 0 Å². The van der Waals surface area contributed by atoms with Crippen molar-refractivity contribution in [3.05, 3.63) is 59.9 Å². The molecule has 1 N–H and O–H groups in total. The average Bonchev–Trinajstić information content (AvgIpc) is 2.99. The van der Waals surface area contributed by atoms with Gasteiger partial charge in [0.1, 0.15) is 11.6 Å². The van der Waals surface area contributed by atoms with Gasteiger partial charge in [0.05, 0.1) is 24.2 Å². The zero-order chi connectivity index (χ0) is 15.5. The molecule has 0 saturated heterocycles. The van der Waals surface area contributed by atoms with Crippen molar-refractivity contribution in [3.8, 4) is 11.8 Å². The summed E-state index contributed by atoms with van der Waals surface area (Å²) in [6.45, 7) is 0. The van der Waals surface area contributed by atoms with Gasteiger partial charge in [0.15, 0.2) is 11.7 Å². The maximum Gasteiger partial charge on any atom is 0.187 e. The summed E-state index contributed by atoms with van der Waals surface area (Å²) in [5.74, 6) is -0.219. The first kappa shape index (κ1) is 13.8. The molecule has 1 atom stereocenters. The van der Waals surface area contributed by atoms with Gasteiger partial charge in [-0.3, -0.25) is 4.79 Å². The molecule has 0 unspecified atom stereocenters. The predicted molar refractivity (Wildman–Crippen MR) is 81.8 cm³/mol. The highest BCUT2D eigenvalue weighted by Crippen LogP contribution is 2.22. The molecular weight excluding hydrogens is 278 g/mol. The van der Waals surface area contributed by atoms with E-state index in [-0.39, 0.29) is 5.78 Å². The minimum Gasteiger partial charge on any atom is -0.497 e. The van der Waals surface area contributed by atoms with Crippen molar-refractivity contribution < 1.29 is 9.53 Å². The molecule has 0 aliphatic heterocycles. The highest BCUT2D eigenvalue weighted by atomic mass is 16.5. The van der Waals surface area contributed by atoms with Gasteiger partial charge < -0.3 is 9.72 Å². The number of nitrogens with one attached hydrogen (secondary N) is 1. The molecule has 3 rings (SSSR count). The van der Waals surface area contributed by atoms with Gasteiger partial charge in [-0.2, -0.15) is 5.26 Å². The molecule has 0 fully saturated rings. The molecule has 0 aliphatic rings. The number of carbonyl (C=O) groups is 1. The number of nitriles is 1. The Hall–Kier alpha value is -3.13. The van der Waals surface area contributed by atoms with Crippen LogP contribution in [0.5, 0.6) is 5.75 Å². The molecule has 0 aliphatic carbocycles. The Balaban J connectivity index is 1.95. The lowest BCUT2D eigenvalue weighted by Crippen LogP contribution is -2.12. The number of benzene rings is 2. The van der Waals surface area contributed by atoms with Crippen LogP contribution in [0.3, 0.4) is 0 Å². The molecule has 5 nitrogen and oxygen atoms in total. The van der Waals surface area contributed by atoms with Crippen LogP contribution >= 0.6 is 0 Å². The Kier molecular flexibility index (Phi) is 3.58. The predicted octanol–water partition coefficient (Wildman–Crippen LogP) is 3.06. The molecule has 0 spiro atoms. The number of hydrogen-bond donors (Lipinski definition) is 1. The Morgan fingerprint density at radius 1 is 1.23 bits per heavy atom. The average molecular weight is 291 g/mol. The molecule has 5 heteroatoms. The van der Waals surface area contributed by atoms with Gasteiger partial charge in [-0.05, 0) is 36.4 Å². The monoisotopic (exact) mass is 291 g/mol. The van der Waals surface area contributed by atoms with E-state index < -0.39 is 5.92 Å². The first-order valence-electron chi connectivity index (χ1n) is 6.75. The zero-order valence-electron chi connectivity index (χ0n) is 11.9. The van der Waals surface area contributed by atoms with Crippen LogP contribution in [0.15, 0.2) is 48.5 Å². The number of fused-ring (bicyclic) bond motifs is 1.